The number of nitrogens with one attached hydrogen (secondary N) is 1. The van der Waals surface area contributed by atoms with Crippen LogP contribution in [0, 0.1) is 5.92 Å². The Morgan fingerprint density at radius 3 is 2.61 bits per heavy atom. The molecular weight excluding hydrogens is 390 g/mol. The Morgan fingerprint density at radius 1 is 1.06 bits per heavy atom. The van der Waals surface area contributed by atoms with Gasteiger partial charge >= 0.3 is 0 Å². The molecule has 0 radical (unpaired) electrons. The Morgan fingerprint density at radius 2 is 1.87 bits per heavy atom. The van der Waals surface area contributed by atoms with Crippen LogP contribution in [0.5, 0.6) is 11.5 Å². The zero-order valence-corrected chi connectivity index (χ0v) is 18.5. The summed E-state index contributed by atoms with van der Waals surface area (Å²) >= 11 is 0. The molecule has 2 fully saturated rings. The summed E-state index contributed by atoms with van der Waals surface area (Å²) in [7, 11) is 3.57. The molecule has 0 bridgehead atoms. The van der Waals surface area contributed by atoms with Gasteiger partial charge in [-0.1, -0.05) is 18.2 Å². The van der Waals surface area contributed by atoms with Crippen molar-refractivity contribution in [2.75, 3.05) is 69.8 Å². The molecule has 166 valence electrons. The Labute approximate surface area is 184 Å². The van der Waals surface area contributed by atoms with Crippen LogP contribution in [0.25, 0.3) is 0 Å². The van der Waals surface area contributed by atoms with Crippen LogP contribution in [-0.4, -0.2) is 75.9 Å². The summed E-state index contributed by atoms with van der Waals surface area (Å²) in [4.78, 5) is 11.5. The third kappa shape index (κ3) is 4.98. The predicted octanol–water partition coefficient (Wildman–Crippen LogP) is 2.62. The summed E-state index contributed by atoms with van der Waals surface area (Å²) in [6.07, 6.45) is 1.17. The van der Waals surface area contributed by atoms with Crippen molar-refractivity contribution >= 4 is 17.3 Å². The number of rotatable bonds is 5. The molecule has 2 aliphatic heterocycles. The molecule has 0 saturated carbocycles. The minimum Gasteiger partial charge on any atom is -0.506 e. The van der Waals surface area contributed by atoms with Crippen molar-refractivity contribution in [2.45, 2.75) is 6.42 Å². The minimum absolute atomic E-state index is 0.347. The summed E-state index contributed by atoms with van der Waals surface area (Å²) in [5.41, 5.74) is 2.14. The summed E-state index contributed by atoms with van der Waals surface area (Å²) in [6, 6.07) is 15.9. The van der Waals surface area contributed by atoms with Gasteiger partial charge in [0.15, 0.2) is 5.96 Å². The first-order valence-corrected chi connectivity index (χ1v) is 11.1. The van der Waals surface area contributed by atoms with Crippen LogP contribution in [0.3, 0.4) is 0 Å². The zero-order chi connectivity index (χ0) is 21.6. The van der Waals surface area contributed by atoms with Gasteiger partial charge in [-0.2, -0.15) is 0 Å². The van der Waals surface area contributed by atoms with Crippen molar-refractivity contribution in [2.24, 2.45) is 10.9 Å². The number of hydrogen-bond acceptors (Lipinski definition) is 5. The third-order valence-corrected chi connectivity index (χ3v) is 6.27. The summed E-state index contributed by atoms with van der Waals surface area (Å²) in [5, 5.41) is 13.7. The smallest absolute Gasteiger partial charge is 0.193 e. The molecule has 0 aromatic heterocycles. The lowest BCUT2D eigenvalue weighted by molar-refractivity contribution is 0.366. The van der Waals surface area contributed by atoms with Crippen LogP contribution >= 0.6 is 0 Å². The van der Waals surface area contributed by atoms with E-state index in [9.17, 15) is 5.11 Å². The van der Waals surface area contributed by atoms with Crippen LogP contribution in [0.15, 0.2) is 53.5 Å². The topological polar surface area (TPSA) is 63.6 Å². The standard InChI is InChI=1S/C24H33N5O2/c1-25-24(28-14-12-27(13-15-28)22-8-3-4-9-23(22)30)26-17-19-10-11-29(18-19)20-6-5-7-21(16-20)31-2/h3-9,16,19,30H,10-15,17-18H2,1-2H3,(H,25,26). The highest BCUT2D eigenvalue weighted by molar-refractivity contribution is 5.80. The Balaban J connectivity index is 1.26. The largest absolute Gasteiger partial charge is 0.506 e. The molecule has 1 atom stereocenters. The molecule has 0 amide bonds. The Hall–Kier alpha value is -3.09. The second kappa shape index (κ2) is 9.81. The molecule has 2 aromatic rings. The fourth-order valence-electron chi connectivity index (χ4n) is 4.50. The number of para-hydroxylation sites is 2. The minimum atomic E-state index is 0.347. The number of nitrogens with zero attached hydrogens (tertiary/aromatic N) is 4. The molecule has 7 heteroatoms. The quantitative estimate of drug-likeness (QED) is 0.570. The number of guanidine groups is 1. The molecule has 0 aliphatic carbocycles. The summed E-state index contributed by atoms with van der Waals surface area (Å²) in [6.45, 7) is 6.53. The number of anilines is 2. The van der Waals surface area contributed by atoms with Gasteiger partial charge in [0.1, 0.15) is 11.5 Å². The highest BCUT2D eigenvalue weighted by Gasteiger charge is 2.25. The number of methoxy groups -OCH3 is 1. The monoisotopic (exact) mass is 423 g/mol. The number of phenolic OH excluding ortho intramolecular Hbond substituents is 1. The van der Waals surface area contributed by atoms with Gasteiger partial charge in [0.25, 0.3) is 0 Å². The first-order chi connectivity index (χ1) is 15.2. The van der Waals surface area contributed by atoms with Crippen molar-refractivity contribution in [3.8, 4) is 11.5 Å². The highest BCUT2D eigenvalue weighted by atomic mass is 16.5. The van der Waals surface area contributed by atoms with E-state index < -0.39 is 0 Å². The van der Waals surface area contributed by atoms with Crippen molar-refractivity contribution in [1.29, 1.82) is 0 Å². The first kappa shape index (κ1) is 21.2. The van der Waals surface area contributed by atoms with Gasteiger partial charge in [-0.25, -0.2) is 0 Å². The Bertz CT molecular complexity index is 895. The lowest BCUT2D eigenvalue weighted by Crippen LogP contribution is -2.53. The van der Waals surface area contributed by atoms with Gasteiger partial charge in [0.2, 0.25) is 0 Å². The number of benzene rings is 2. The number of aromatic hydroxyl groups is 1. The maximum Gasteiger partial charge on any atom is 0.193 e. The van der Waals surface area contributed by atoms with E-state index in [-0.39, 0.29) is 0 Å². The fourth-order valence-corrected chi connectivity index (χ4v) is 4.50. The van der Waals surface area contributed by atoms with E-state index >= 15 is 0 Å². The van der Waals surface area contributed by atoms with Gasteiger partial charge in [-0.3, -0.25) is 4.99 Å². The Kier molecular flexibility index (Phi) is 6.70. The predicted molar refractivity (Wildman–Crippen MR) is 127 cm³/mol. The van der Waals surface area contributed by atoms with Crippen LogP contribution in [0.4, 0.5) is 11.4 Å². The molecular formula is C24H33N5O2. The lowest BCUT2D eigenvalue weighted by atomic mass is 10.1. The number of phenols is 1. The average molecular weight is 424 g/mol. The molecule has 0 spiro atoms. The maximum absolute atomic E-state index is 10.1. The maximum atomic E-state index is 10.1. The molecule has 2 N–H and O–H groups in total. The van der Waals surface area contributed by atoms with Gasteiger partial charge in [-0.05, 0) is 36.6 Å². The van der Waals surface area contributed by atoms with E-state index in [1.165, 1.54) is 12.1 Å². The van der Waals surface area contributed by atoms with E-state index in [2.05, 4.69) is 43.2 Å². The van der Waals surface area contributed by atoms with Crippen LogP contribution in [-0.2, 0) is 0 Å². The molecule has 2 heterocycles. The summed E-state index contributed by atoms with van der Waals surface area (Å²) < 4.78 is 5.37. The van der Waals surface area contributed by atoms with E-state index in [0.717, 1.165) is 63.2 Å². The number of ether oxygens (including phenoxy) is 1. The third-order valence-electron chi connectivity index (χ3n) is 6.27. The second-order valence-corrected chi connectivity index (χ2v) is 8.19. The number of hydrogen-bond donors (Lipinski definition) is 2. The average Bonchev–Trinajstić information content (AvgIpc) is 3.29. The fraction of sp³-hybridized carbons (Fsp3) is 0.458. The highest BCUT2D eigenvalue weighted by Crippen LogP contribution is 2.28. The van der Waals surface area contributed by atoms with E-state index in [1.54, 1.807) is 13.2 Å². The second-order valence-electron chi connectivity index (χ2n) is 8.19. The number of aliphatic imine (C=N–C) groups is 1. The molecule has 1 unspecified atom stereocenters. The normalized spacial score (nSPS) is 19.6. The molecule has 2 aromatic carbocycles. The molecule has 2 aliphatic rings. The van der Waals surface area contributed by atoms with Crippen LogP contribution in [0.2, 0.25) is 0 Å². The van der Waals surface area contributed by atoms with Crippen LogP contribution < -0.4 is 19.9 Å². The van der Waals surface area contributed by atoms with Gasteiger partial charge < -0.3 is 29.9 Å². The molecule has 4 rings (SSSR count). The van der Waals surface area contributed by atoms with Gasteiger partial charge in [-0.15, -0.1) is 0 Å². The summed E-state index contributed by atoms with van der Waals surface area (Å²) in [5.74, 6) is 2.81. The SMILES string of the molecule is CN=C(NCC1CCN(c2cccc(OC)c2)C1)N1CCN(c2ccccc2O)CC1. The van der Waals surface area contributed by atoms with Crippen molar-refractivity contribution < 1.29 is 9.84 Å². The molecule has 2 saturated heterocycles. The van der Waals surface area contributed by atoms with Gasteiger partial charge in [0.05, 0.1) is 12.8 Å². The van der Waals surface area contributed by atoms with Crippen LogP contribution in [0.1, 0.15) is 6.42 Å². The van der Waals surface area contributed by atoms with Crippen molar-refractivity contribution in [3.05, 3.63) is 48.5 Å². The molecule has 31 heavy (non-hydrogen) atoms. The molecule has 7 nitrogen and oxygen atoms in total. The van der Waals surface area contributed by atoms with E-state index in [0.29, 0.717) is 11.7 Å². The first-order valence-electron chi connectivity index (χ1n) is 11.1. The van der Waals surface area contributed by atoms with Crippen molar-refractivity contribution in [3.63, 3.8) is 0 Å². The van der Waals surface area contributed by atoms with E-state index in [4.69, 9.17) is 4.74 Å². The van der Waals surface area contributed by atoms with Crippen molar-refractivity contribution in [1.82, 2.24) is 10.2 Å². The lowest BCUT2D eigenvalue weighted by Gasteiger charge is -2.38. The van der Waals surface area contributed by atoms with Gasteiger partial charge in [0, 0.05) is 64.6 Å². The number of piperazine rings is 1. The van der Waals surface area contributed by atoms with E-state index in [1.807, 2.05) is 31.3 Å². The zero-order valence-electron chi connectivity index (χ0n) is 18.5.